The molecule has 2 atom stereocenters. The molecular weight excluding hydrogens is 632 g/mol. The summed E-state index contributed by atoms with van der Waals surface area (Å²) in [7, 11) is 0. The number of carbonyl (C=O) groups is 3. The maximum absolute atomic E-state index is 14.8. The van der Waals surface area contributed by atoms with E-state index in [9.17, 15) is 42.3 Å². The monoisotopic (exact) mass is 658 g/mol. The summed E-state index contributed by atoms with van der Waals surface area (Å²) >= 11 is 6.50. The number of aliphatic hydroxyl groups is 1. The predicted molar refractivity (Wildman–Crippen MR) is 158 cm³/mol. The van der Waals surface area contributed by atoms with E-state index in [-0.39, 0.29) is 48.2 Å². The van der Waals surface area contributed by atoms with Crippen LogP contribution in [0.4, 0.5) is 29.1 Å². The summed E-state index contributed by atoms with van der Waals surface area (Å²) in [6, 6.07) is 8.42. The molecule has 1 aromatic heterocycles. The first-order valence-electron chi connectivity index (χ1n) is 14.1. The van der Waals surface area contributed by atoms with Gasteiger partial charge in [-0.15, -0.1) is 0 Å². The molecule has 2 aromatic carbocycles. The van der Waals surface area contributed by atoms with Crippen LogP contribution in [0.2, 0.25) is 5.02 Å². The Morgan fingerprint density at radius 2 is 1.85 bits per heavy atom. The van der Waals surface area contributed by atoms with Crippen molar-refractivity contribution in [2.45, 2.75) is 36.9 Å². The van der Waals surface area contributed by atoms with E-state index in [0.29, 0.717) is 6.07 Å². The third-order valence-electron chi connectivity index (χ3n) is 7.70. The lowest BCUT2D eigenvalue weighted by Crippen LogP contribution is -2.64. The molecule has 1 saturated carbocycles. The van der Waals surface area contributed by atoms with Crippen molar-refractivity contribution in [2.75, 3.05) is 36.0 Å². The highest BCUT2D eigenvalue weighted by molar-refractivity contribution is 6.31. The number of amides is 3. The Bertz CT molecular complexity index is 1680. The topological polar surface area (TPSA) is 130 Å². The zero-order valence-corrected chi connectivity index (χ0v) is 24.8. The Morgan fingerprint density at radius 1 is 1.15 bits per heavy atom. The lowest BCUT2D eigenvalue weighted by Gasteiger charge is -2.43. The molecule has 2 heterocycles. The van der Waals surface area contributed by atoms with Gasteiger partial charge in [0.1, 0.15) is 29.5 Å². The zero-order chi connectivity index (χ0) is 33.2. The fourth-order valence-electron chi connectivity index (χ4n) is 5.62. The van der Waals surface area contributed by atoms with Crippen molar-refractivity contribution in [2.24, 2.45) is 0 Å². The number of nitriles is 1. The highest BCUT2D eigenvalue weighted by Crippen LogP contribution is 2.39. The minimum Gasteiger partial charge on any atom is -0.395 e. The highest BCUT2D eigenvalue weighted by atomic mass is 35.5. The lowest BCUT2D eigenvalue weighted by atomic mass is 9.87. The lowest BCUT2D eigenvalue weighted by molar-refractivity contribution is -0.133. The number of halogens is 5. The van der Waals surface area contributed by atoms with Crippen molar-refractivity contribution >= 4 is 40.8 Å². The average Bonchev–Trinajstić information content (AvgIpc) is 2.98. The minimum absolute atomic E-state index is 0.0104. The quantitative estimate of drug-likeness (QED) is 0.336. The van der Waals surface area contributed by atoms with E-state index in [1.54, 1.807) is 6.07 Å². The van der Waals surface area contributed by atoms with Gasteiger partial charge in [0.2, 0.25) is 11.8 Å². The Labute approximate surface area is 265 Å². The van der Waals surface area contributed by atoms with Gasteiger partial charge >= 0.3 is 0 Å². The number of aromatic nitrogens is 1. The van der Waals surface area contributed by atoms with E-state index >= 15 is 0 Å². The zero-order valence-electron chi connectivity index (χ0n) is 24.0. The van der Waals surface area contributed by atoms with Gasteiger partial charge in [-0.25, -0.2) is 22.5 Å². The van der Waals surface area contributed by atoms with Crippen LogP contribution in [0.5, 0.6) is 0 Å². The van der Waals surface area contributed by atoms with Gasteiger partial charge in [0, 0.05) is 54.8 Å². The summed E-state index contributed by atoms with van der Waals surface area (Å²) in [4.78, 5) is 49.8. The first kappa shape index (κ1) is 32.8. The first-order valence-corrected chi connectivity index (χ1v) is 14.5. The summed E-state index contributed by atoms with van der Waals surface area (Å²) < 4.78 is 56.8. The number of alkyl halides is 2. The number of piperazine rings is 1. The molecule has 10 nitrogen and oxygen atoms in total. The first-order chi connectivity index (χ1) is 21.9. The van der Waals surface area contributed by atoms with Crippen LogP contribution in [0.1, 0.15) is 30.0 Å². The van der Waals surface area contributed by atoms with Gasteiger partial charge in [-0.2, -0.15) is 5.26 Å². The molecule has 0 bridgehead atoms. The number of aliphatic hydroxyl groups excluding tert-OH is 1. The maximum Gasteiger partial charge on any atom is 0.252 e. The largest absolute Gasteiger partial charge is 0.395 e. The smallest absolute Gasteiger partial charge is 0.252 e. The van der Waals surface area contributed by atoms with Crippen LogP contribution in [-0.2, 0) is 14.4 Å². The second-order valence-electron chi connectivity index (χ2n) is 11.0. The fourth-order valence-corrected chi connectivity index (χ4v) is 5.86. The normalized spacial score (nSPS) is 18.8. The van der Waals surface area contributed by atoms with Crippen molar-refractivity contribution in [3.8, 4) is 6.07 Å². The van der Waals surface area contributed by atoms with Crippen molar-refractivity contribution in [1.82, 2.24) is 15.2 Å². The van der Waals surface area contributed by atoms with Gasteiger partial charge in [0.15, 0.2) is 0 Å². The van der Waals surface area contributed by atoms with Crippen LogP contribution in [-0.4, -0.2) is 77.0 Å². The number of benzene rings is 2. The molecule has 2 fully saturated rings. The second kappa shape index (κ2) is 13.4. The van der Waals surface area contributed by atoms with Gasteiger partial charge in [0.05, 0.1) is 30.5 Å². The molecule has 1 saturated heterocycles. The van der Waals surface area contributed by atoms with Crippen LogP contribution >= 0.6 is 11.6 Å². The van der Waals surface area contributed by atoms with E-state index < -0.39 is 71.9 Å². The number of nitrogens with one attached hydrogen (secondary N) is 1. The summed E-state index contributed by atoms with van der Waals surface area (Å²) in [6.07, 6.45) is -0.0478. The fraction of sp³-hybridized carbons (Fsp3) is 0.323. The van der Waals surface area contributed by atoms with Crippen LogP contribution < -0.4 is 15.1 Å². The molecular formula is C31H27ClF4N6O4. The molecule has 46 heavy (non-hydrogen) atoms. The molecule has 3 aromatic rings. The third kappa shape index (κ3) is 6.96. The molecule has 0 spiro atoms. The summed E-state index contributed by atoms with van der Waals surface area (Å²) in [6.45, 7) is -0.856. The highest BCUT2D eigenvalue weighted by Gasteiger charge is 2.49. The van der Waals surface area contributed by atoms with Crippen molar-refractivity contribution in [1.29, 1.82) is 5.26 Å². The van der Waals surface area contributed by atoms with Crippen LogP contribution in [0.3, 0.4) is 0 Å². The summed E-state index contributed by atoms with van der Waals surface area (Å²) in [5.74, 6) is -7.88. The average molecular weight is 659 g/mol. The van der Waals surface area contributed by atoms with E-state index in [4.69, 9.17) is 11.6 Å². The number of hydrogen-bond acceptors (Lipinski definition) is 7. The van der Waals surface area contributed by atoms with Gasteiger partial charge in [-0.05, 0) is 30.3 Å². The van der Waals surface area contributed by atoms with Gasteiger partial charge in [-0.1, -0.05) is 29.8 Å². The number of pyridine rings is 1. The molecule has 240 valence electrons. The number of β-amino-alcohol motifs (C(OH)–C–C–N with tert-alkyl or cyclic N) is 1. The van der Waals surface area contributed by atoms with E-state index in [0.717, 1.165) is 21.9 Å². The maximum atomic E-state index is 14.8. The van der Waals surface area contributed by atoms with E-state index in [2.05, 4.69) is 10.3 Å². The molecule has 2 unspecified atom stereocenters. The number of anilines is 2. The summed E-state index contributed by atoms with van der Waals surface area (Å²) in [5.41, 5.74) is -0.292. The molecule has 1 aliphatic carbocycles. The molecule has 5 rings (SSSR count). The molecule has 2 aliphatic rings. The Kier molecular flexibility index (Phi) is 9.57. The number of nitrogens with zero attached hydrogens (tertiary/aromatic N) is 5. The summed E-state index contributed by atoms with van der Waals surface area (Å²) in [5, 5.41) is 21.5. The van der Waals surface area contributed by atoms with Gasteiger partial charge in [-0.3, -0.25) is 29.1 Å². The van der Waals surface area contributed by atoms with Crippen molar-refractivity contribution in [3.63, 3.8) is 0 Å². The Hall–Kier alpha value is -4.58. The van der Waals surface area contributed by atoms with Crippen LogP contribution in [0, 0.1) is 23.0 Å². The van der Waals surface area contributed by atoms with E-state index in [1.807, 2.05) is 6.07 Å². The predicted octanol–water partition coefficient (Wildman–Crippen LogP) is 3.58. The van der Waals surface area contributed by atoms with Gasteiger partial charge < -0.3 is 10.4 Å². The molecule has 2 N–H and O–H groups in total. The standard InChI is InChI=1S/C31H27ClF4N6O4/c32-24-4-2-1-3-23(24)28(29(45)39-21-13-31(35,36)14-21)41(22-11-19(33)10-20(34)12-22)30(46)25-16-40(7-8-43)17-27(44)42(25)26-9-18(15-37)5-6-38-26/h1-6,9-12,21,25,28,43H,7-8,13-14,16-17H2,(H,39,45). The number of hydrogen-bond donors (Lipinski definition) is 2. The Balaban J connectivity index is 1.67. The number of carbonyl (C=O) groups excluding carboxylic acids is 3. The minimum atomic E-state index is -3.00. The van der Waals surface area contributed by atoms with Crippen molar-refractivity contribution < 1.29 is 37.1 Å². The second-order valence-corrected chi connectivity index (χ2v) is 11.4. The van der Waals surface area contributed by atoms with Crippen LogP contribution in [0.15, 0.2) is 60.8 Å². The SMILES string of the molecule is N#Cc1ccnc(N2C(=O)CN(CCO)CC2C(=O)N(c2cc(F)cc(F)c2)C(C(=O)NC2CC(F)(F)C2)c2ccccc2Cl)c1. The molecule has 1 aliphatic heterocycles. The number of rotatable bonds is 9. The van der Waals surface area contributed by atoms with E-state index in [1.165, 1.54) is 41.4 Å². The molecule has 15 heteroatoms. The van der Waals surface area contributed by atoms with Crippen molar-refractivity contribution in [3.05, 3.63) is 88.6 Å². The van der Waals surface area contributed by atoms with Gasteiger partial charge in [0.25, 0.3) is 11.8 Å². The molecule has 3 amide bonds. The Morgan fingerprint density at radius 3 is 2.48 bits per heavy atom. The van der Waals surface area contributed by atoms with Crippen LogP contribution in [0.25, 0.3) is 0 Å². The third-order valence-corrected chi connectivity index (χ3v) is 8.04. The molecule has 0 radical (unpaired) electrons.